The molecule has 1 heterocycles. The number of fused-ring (bicyclic) bond motifs is 1. The molecular formula is C18H17BrClNO3. The number of hydrogen-bond donors (Lipinski definition) is 0. The number of rotatable bonds is 3. The van der Waals surface area contributed by atoms with Crippen LogP contribution in [-0.4, -0.2) is 31.0 Å². The lowest BCUT2D eigenvalue weighted by molar-refractivity contribution is 0.203. The van der Waals surface area contributed by atoms with Crippen LogP contribution in [0, 0.1) is 0 Å². The molecule has 0 N–H and O–H groups in total. The molecule has 0 saturated carbocycles. The number of nitrogens with zero attached hydrogens (tertiary/aromatic N) is 1. The average Bonchev–Trinajstić information content (AvgIpc) is 2.59. The van der Waals surface area contributed by atoms with Gasteiger partial charge in [0.05, 0.1) is 20.3 Å². The van der Waals surface area contributed by atoms with Crippen molar-refractivity contribution in [1.82, 2.24) is 4.90 Å². The molecule has 126 valence electrons. The molecule has 0 aromatic heterocycles. The van der Waals surface area contributed by atoms with Gasteiger partial charge in [0.2, 0.25) is 0 Å². The van der Waals surface area contributed by atoms with Crippen LogP contribution in [0.2, 0.25) is 0 Å². The van der Waals surface area contributed by atoms with Crippen LogP contribution in [-0.2, 0) is 6.42 Å². The zero-order valence-electron chi connectivity index (χ0n) is 13.4. The normalized spacial score (nSPS) is 16.5. The van der Waals surface area contributed by atoms with Crippen LogP contribution >= 0.6 is 27.5 Å². The van der Waals surface area contributed by atoms with Gasteiger partial charge in [0.15, 0.2) is 11.5 Å². The molecule has 1 aliphatic heterocycles. The lowest BCUT2D eigenvalue weighted by Gasteiger charge is -2.37. The van der Waals surface area contributed by atoms with Crippen molar-refractivity contribution in [3.63, 3.8) is 0 Å². The highest BCUT2D eigenvalue weighted by molar-refractivity contribution is 9.10. The van der Waals surface area contributed by atoms with Crippen LogP contribution in [0.4, 0.5) is 4.79 Å². The van der Waals surface area contributed by atoms with Crippen molar-refractivity contribution in [2.45, 2.75) is 12.5 Å². The molecule has 6 heteroatoms. The second kappa shape index (κ2) is 7.03. The van der Waals surface area contributed by atoms with Crippen molar-refractivity contribution in [3.05, 3.63) is 57.6 Å². The Morgan fingerprint density at radius 3 is 2.46 bits per heavy atom. The molecular weight excluding hydrogens is 394 g/mol. The number of amides is 1. The van der Waals surface area contributed by atoms with Crippen molar-refractivity contribution in [2.24, 2.45) is 0 Å². The smallest absolute Gasteiger partial charge is 0.317 e. The van der Waals surface area contributed by atoms with E-state index in [-0.39, 0.29) is 6.04 Å². The summed E-state index contributed by atoms with van der Waals surface area (Å²) in [7, 11) is 3.22. The number of carbonyl (C=O) groups excluding carboxylic acids is 1. The summed E-state index contributed by atoms with van der Waals surface area (Å²) >= 11 is 9.46. The first-order valence-electron chi connectivity index (χ1n) is 7.52. The largest absolute Gasteiger partial charge is 0.493 e. The van der Waals surface area contributed by atoms with Gasteiger partial charge in [-0.15, -0.1) is 0 Å². The second-order valence-electron chi connectivity index (χ2n) is 5.53. The summed E-state index contributed by atoms with van der Waals surface area (Å²) in [6.07, 6.45) is 0.717. The number of benzene rings is 2. The third-order valence-corrected chi connectivity index (χ3v) is 5.24. The molecule has 1 atom stereocenters. The van der Waals surface area contributed by atoms with E-state index in [0.717, 1.165) is 27.6 Å². The predicted molar refractivity (Wildman–Crippen MR) is 97.2 cm³/mol. The molecule has 4 nitrogen and oxygen atoms in total. The van der Waals surface area contributed by atoms with E-state index in [0.29, 0.717) is 18.0 Å². The van der Waals surface area contributed by atoms with Crippen molar-refractivity contribution in [1.29, 1.82) is 0 Å². The molecule has 24 heavy (non-hydrogen) atoms. The highest BCUT2D eigenvalue weighted by Gasteiger charge is 2.33. The molecule has 3 rings (SSSR count). The fourth-order valence-electron chi connectivity index (χ4n) is 3.17. The van der Waals surface area contributed by atoms with E-state index in [9.17, 15) is 4.79 Å². The van der Waals surface area contributed by atoms with Gasteiger partial charge in [-0.2, -0.15) is 0 Å². The molecule has 1 unspecified atom stereocenters. The molecule has 1 amide bonds. The van der Waals surface area contributed by atoms with Gasteiger partial charge in [-0.05, 0) is 52.9 Å². The molecule has 2 aromatic rings. The van der Waals surface area contributed by atoms with E-state index >= 15 is 0 Å². The Kier molecular flexibility index (Phi) is 5.01. The summed E-state index contributed by atoms with van der Waals surface area (Å²) in [4.78, 5) is 13.7. The third kappa shape index (κ3) is 2.98. The monoisotopic (exact) mass is 409 g/mol. The summed E-state index contributed by atoms with van der Waals surface area (Å²) in [6, 6.07) is 11.5. The van der Waals surface area contributed by atoms with Crippen LogP contribution < -0.4 is 9.47 Å². The summed E-state index contributed by atoms with van der Waals surface area (Å²) in [5, 5.41) is -0.462. The van der Waals surface area contributed by atoms with Gasteiger partial charge >= 0.3 is 5.37 Å². The van der Waals surface area contributed by atoms with Crippen molar-refractivity contribution < 1.29 is 14.3 Å². The van der Waals surface area contributed by atoms with Gasteiger partial charge in [0.25, 0.3) is 0 Å². The lowest BCUT2D eigenvalue weighted by atomic mass is 9.88. The van der Waals surface area contributed by atoms with Crippen LogP contribution in [0.5, 0.6) is 11.5 Å². The highest BCUT2D eigenvalue weighted by atomic mass is 79.9. The Balaban J connectivity index is 2.21. The van der Waals surface area contributed by atoms with Crippen LogP contribution in [0.1, 0.15) is 22.7 Å². The first kappa shape index (κ1) is 17.1. The molecule has 1 aliphatic rings. The highest BCUT2D eigenvalue weighted by Crippen LogP contribution is 2.43. The second-order valence-corrected chi connectivity index (χ2v) is 6.70. The van der Waals surface area contributed by atoms with Crippen LogP contribution in [0.15, 0.2) is 40.9 Å². The summed E-state index contributed by atoms with van der Waals surface area (Å²) in [5.41, 5.74) is 3.11. The zero-order valence-corrected chi connectivity index (χ0v) is 15.7. The van der Waals surface area contributed by atoms with Crippen LogP contribution in [0.25, 0.3) is 0 Å². The fourth-order valence-corrected chi connectivity index (χ4v) is 3.85. The van der Waals surface area contributed by atoms with Gasteiger partial charge < -0.3 is 14.4 Å². The lowest BCUT2D eigenvalue weighted by Crippen LogP contribution is -2.38. The Morgan fingerprint density at radius 1 is 1.17 bits per heavy atom. The Labute approximate surface area is 154 Å². The maximum Gasteiger partial charge on any atom is 0.317 e. The van der Waals surface area contributed by atoms with E-state index in [1.54, 1.807) is 19.1 Å². The molecule has 0 spiro atoms. The molecule has 0 aliphatic carbocycles. The minimum absolute atomic E-state index is 0.269. The molecule has 0 bridgehead atoms. The quantitative estimate of drug-likeness (QED) is 0.540. The van der Waals surface area contributed by atoms with Gasteiger partial charge in [-0.1, -0.05) is 34.1 Å². The van der Waals surface area contributed by atoms with Gasteiger partial charge in [-0.25, -0.2) is 0 Å². The van der Waals surface area contributed by atoms with Gasteiger partial charge in [0.1, 0.15) is 0 Å². The zero-order chi connectivity index (χ0) is 17.3. The summed E-state index contributed by atoms with van der Waals surface area (Å²) in [5.74, 6) is 1.32. The molecule has 0 saturated heterocycles. The number of carbonyl (C=O) groups is 1. The Morgan fingerprint density at radius 2 is 1.83 bits per heavy atom. The Hall–Kier alpha value is -1.72. The van der Waals surface area contributed by atoms with Gasteiger partial charge in [0, 0.05) is 11.0 Å². The minimum Gasteiger partial charge on any atom is -0.493 e. The van der Waals surface area contributed by atoms with E-state index in [1.165, 1.54) is 0 Å². The van der Waals surface area contributed by atoms with Crippen LogP contribution in [0.3, 0.4) is 0 Å². The van der Waals surface area contributed by atoms with Gasteiger partial charge in [-0.3, -0.25) is 4.79 Å². The molecule has 0 radical (unpaired) electrons. The third-order valence-electron chi connectivity index (χ3n) is 4.30. The van der Waals surface area contributed by atoms with E-state index in [4.69, 9.17) is 21.1 Å². The maximum absolute atomic E-state index is 12.0. The standard InChI is InChI=1S/C18H17BrClNO3/c1-23-15-9-11-7-8-21(18(20)22)17(13(11)10-16(15)24-2)12-5-3-4-6-14(12)19/h3-6,9-10,17H,7-8H2,1-2H3. The first-order chi connectivity index (χ1) is 11.6. The van der Waals surface area contributed by atoms with E-state index < -0.39 is 5.37 Å². The van der Waals surface area contributed by atoms with Crippen molar-refractivity contribution in [3.8, 4) is 11.5 Å². The number of halogens is 2. The fraction of sp³-hybridized carbons (Fsp3) is 0.278. The predicted octanol–water partition coefficient (Wildman–Crippen LogP) is 4.77. The molecule has 0 fully saturated rings. The van der Waals surface area contributed by atoms with E-state index in [1.807, 2.05) is 36.4 Å². The SMILES string of the molecule is COc1cc2c(cc1OC)C(c1ccccc1Br)N(C(=O)Cl)CC2. The topological polar surface area (TPSA) is 38.8 Å². The maximum atomic E-state index is 12.0. The minimum atomic E-state index is -0.462. The average molecular weight is 411 g/mol. The Bertz CT molecular complexity index is 781. The summed E-state index contributed by atoms with van der Waals surface area (Å²) in [6.45, 7) is 0.552. The van der Waals surface area contributed by atoms with Crippen molar-refractivity contribution >= 4 is 32.9 Å². The number of ether oxygens (including phenoxy) is 2. The molecule has 2 aromatic carbocycles. The first-order valence-corrected chi connectivity index (χ1v) is 8.69. The summed E-state index contributed by atoms with van der Waals surface area (Å²) < 4.78 is 11.8. The number of methoxy groups -OCH3 is 2. The van der Waals surface area contributed by atoms with Crippen molar-refractivity contribution in [2.75, 3.05) is 20.8 Å². The van der Waals surface area contributed by atoms with E-state index in [2.05, 4.69) is 15.9 Å². The number of hydrogen-bond acceptors (Lipinski definition) is 3.